The van der Waals surface area contributed by atoms with Gasteiger partial charge in [0.2, 0.25) is 0 Å². The van der Waals surface area contributed by atoms with Gasteiger partial charge < -0.3 is 4.90 Å². The fraction of sp³-hybridized carbons (Fsp3) is 0.417. The number of hydrogen-bond acceptors (Lipinski definition) is 2. The van der Waals surface area contributed by atoms with Crippen molar-refractivity contribution in [3.05, 3.63) is 23.5 Å². The summed E-state index contributed by atoms with van der Waals surface area (Å²) in [7, 11) is 1.05. The van der Waals surface area contributed by atoms with Crippen LogP contribution in [-0.4, -0.2) is 41.5 Å². The van der Waals surface area contributed by atoms with E-state index >= 15 is 0 Å². The van der Waals surface area contributed by atoms with Crippen LogP contribution in [0.5, 0.6) is 0 Å². The van der Waals surface area contributed by atoms with E-state index in [1.165, 1.54) is 13.3 Å². The Bertz CT molecular complexity index is 541. The van der Waals surface area contributed by atoms with Gasteiger partial charge in [-0.3, -0.25) is 4.21 Å². The average molecular weight is 310 g/mol. The molecule has 112 valence electrons. The molecule has 0 aliphatic carbocycles. The first-order chi connectivity index (χ1) is 9.10. The predicted octanol–water partition coefficient (Wildman–Crippen LogP) is 3.03. The van der Waals surface area contributed by atoms with Crippen molar-refractivity contribution in [2.24, 2.45) is 4.99 Å². The Morgan fingerprint density at radius 2 is 1.95 bits per heavy atom. The van der Waals surface area contributed by atoms with E-state index in [9.17, 15) is 21.8 Å². The molecule has 0 aliphatic heterocycles. The highest BCUT2D eigenvalue weighted by atomic mass is 32.2. The Kier molecular flexibility index (Phi) is 5.27. The van der Waals surface area contributed by atoms with Crippen LogP contribution in [0.4, 0.5) is 23.2 Å². The molecular weight excluding hydrogens is 296 g/mol. The third-order valence-corrected chi connectivity index (χ3v) is 3.73. The van der Waals surface area contributed by atoms with Crippen LogP contribution in [0.3, 0.4) is 0 Å². The topological polar surface area (TPSA) is 32.7 Å². The van der Waals surface area contributed by atoms with Gasteiger partial charge in [-0.25, -0.2) is 9.38 Å². The summed E-state index contributed by atoms with van der Waals surface area (Å²) in [6.07, 6.45) is -3.23. The second-order valence-corrected chi connectivity index (χ2v) is 5.80. The molecular formula is C12H14F4N2OS. The number of benzene rings is 1. The Morgan fingerprint density at radius 3 is 2.45 bits per heavy atom. The second kappa shape index (κ2) is 6.34. The van der Waals surface area contributed by atoms with E-state index in [2.05, 4.69) is 4.99 Å². The number of rotatable bonds is 4. The van der Waals surface area contributed by atoms with Gasteiger partial charge in [0.1, 0.15) is 17.3 Å². The molecule has 0 N–H and O–H groups in total. The SMILES string of the molecule is Cc1cc(F)c(N=CN(C)C)cc1S(=O)CC(F)(F)F. The van der Waals surface area contributed by atoms with Crippen molar-refractivity contribution < 1.29 is 21.8 Å². The van der Waals surface area contributed by atoms with Gasteiger partial charge in [-0.15, -0.1) is 0 Å². The number of alkyl halides is 3. The minimum Gasteiger partial charge on any atom is -0.369 e. The molecule has 1 rings (SSSR count). The lowest BCUT2D eigenvalue weighted by Gasteiger charge is -2.10. The highest BCUT2D eigenvalue weighted by molar-refractivity contribution is 7.85. The Balaban J connectivity index is 3.15. The molecule has 8 heteroatoms. The molecule has 0 bridgehead atoms. The van der Waals surface area contributed by atoms with E-state index in [4.69, 9.17) is 0 Å². The molecule has 0 fully saturated rings. The van der Waals surface area contributed by atoms with Gasteiger partial charge in [0.05, 0.1) is 17.1 Å². The third-order valence-electron chi connectivity index (χ3n) is 2.21. The van der Waals surface area contributed by atoms with Gasteiger partial charge in [-0.2, -0.15) is 13.2 Å². The predicted molar refractivity (Wildman–Crippen MR) is 70.3 cm³/mol. The first-order valence-corrected chi connectivity index (χ1v) is 6.88. The molecule has 0 amide bonds. The van der Waals surface area contributed by atoms with Crippen molar-refractivity contribution in [3.8, 4) is 0 Å². The van der Waals surface area contributed by atoms with Crippen LogP contribution < -0.4 is 0 Å². The summed E-state index contributed by atoms with van der Waals surface area (Å²) in [5.74, 6) is -2.13. The molecule has 0 radical (unpaired) electrons. The fourth-order valence-corrected chi connectivity index (χ4v) is 2.50. The molecule has 1 aromatic carbocycles. The van der Waals surface area contributed by atoms with Crippen molar-refractivity contribution in [1.82, 2.24) is 4.90 Å². The van der Waals surface area contributed by atoms with Gasteiger partial charge in [0.15, 0.2) is 0 Å². The zero-order valence-corrected chi connectivity index (χ0v) is 12.0. The zero-order chi connectivity index (χ0) is 15.5. The lowest BCUT2D eigenvalue weighted by atomic mass is 10.2. The van der Waals surface area contributed by atoms with E-state index in [0.717, 1.165) is 12.1 Å². The molecule has 1 unspecified atom stereocenters. The van der Waals surface area contributed by atoms with Crippen LogP contribution in [0.25, 0.3) is 0 Å². The van der Waals surface area contributed by atoms with Crippen LogP contribution in [0.1, 0.15) is 5.56 Å². The number of hydrogen-bond donors (Lipinski definition) is 0. The highest BCUT2D eigenvalue weighted by Gasteiger charge is 2.31. The molecule has 1 atom stereocenters. The standard InChI is InChI=1S/C12H14F4N2OS/c1-8-4-9(13)10(17-7-18(2)3)5-11(8)20(19)6-12(14,15)16/h4-5,7H,6H2,1-3H3. The average Bonchev–Trinajstić information content (AvgIpc) is 2.24. The minimum atomic E-state index is -4.54. The normalized spacial score (nSPS) is 13.8. The Morgan fingerprint density at radius 1 is 1.35 bits per heavy atom. The maximum absolute atomic E-state index is 13.6. The summed E-state index contributed by atoms with van der Waals surface area (Å²) in [6.45, 7) is 1.41. The largest absolute Gasteiger partial charge is 0.400 e. The summed E-state index contributed by atoms with van der Waals surface area (Å²) in [5.41, 5.74) is 0.0590. The smallest absolute Gasteiger partial charge is 0.369 e. The Labute approximate surface area is 116 Å². The summed E-state index contributed by atoms with van der Waals surface area (Å²) < 4.78 is 62.1. The van der Waals surface area contributed by atoms with E-state index in [1.54, 1.807) is 19.0 Å². The zero-order valence-electron chi connectivity index (χ0n) is 11.2. The molecule has 0 aromatic heterocycles. The highest BCUT2D eigenvalue weighted by Crippen LogP contribution is 2.27. The van der Waals surface area contributed by atoms with Gasteiger partial charge >= 0.3 is 6.18 Å². The van der Waals surface area contributed by atoms with E-state index in [-0.39, 0.29) is 16.1 Å². The maximum Gasteiger partial charge on any atom is 0.400 e. The quantitative estimate of drug-likeness (QED) is 0.486. The third kappa shape index (κ3) is 4.92. The Hall–Kier alpha value is -1.44. The fourth-order valence-electron chi connectivity index (χ4n) is 1.39. The summed E-state index contributed by atoms with van der Waals surface area (Å²) >= 11 is 0. The van der Waals surface area contributed by atoms with Gasteiger partial charge in [-0.1, -0.05) is 0 Å². The first kappa shape index (κ1) is 16.6. The van der Waals surface area contributed by atoms with E-state index in [1.807, 2.05) is 0 Å². The van der Waals surface area contributed by atoms with Crippen molar-refractivity contribution in [2.75, 3.05) is 19.8 Å². The molecule has 0 aliphatic rings. The number of nitrogens with zero attached hydrogens (tertiary/aromatic N) is 2. The van der Waals surface area contributed by atoms with E-state index in [0.29, 0.717) is 0 Å². The second-order valence-electron chi connectivity index (χ2n) is 4.38. The summed E-state index contributed by atoms with van der Waals surface area (Å²) in [4.78, 5) is 5.28. The number of aryl methyl sites for hydroxylation is 1. The van der Waals surface area contributed by atoms with Gasteiger partial charge in [-0.05, 0) is 24.6 Å². The lowest BCUT2D eigenvalue weighted by Crippen LogP contribution is -2.19. The van der Waals surface area contributed by atoms with Crippen LogP contribution in [0, 0.1) is 12.7 Å². The molecule has 0 heterocycles. The van der Waals surface area contributed by atoms with Gasteiger partial charge in [0.25, 0.3) is 0 Å². The summed E-state index contributed by atoms with van der Waals surface area (Å²) in [5, 5.41) is 0. The molecule has 3 nitrogen and oxygen atoms in total. The minimum absolute atomic E-state index is 0.0605. The maximum atomic E-state index is 13.6. The van der Waals surface area contributed by atoms with Gasteiger partial charge in [0, 0.05) is 19.0 Å². The first-order valence-electron chi connectivity index (χ1n) is 5.56. The molecule has 1 aromatic rings. The van der Waals surface area contributed by atoms with Crippen molar-refractivity contribution in [3.63, 3.8) is 0 Å². The van der Waals surface area contributed by atoms with Crippen molar-refractivity contribution in [2.45, 2.75) is 18.0 Å². The van der Waals surface area contributed by atoms with Crippen LogP contribution in [-0.2, 0) is 10.8 Å². The number of aliphatic imine (C=N–C) groups is 1. The lowest BCUT2D eigenvalue weighted by molar-refractivity contribution is -0.105. The van der Waals surface area contributed by atoms with Crippen molar-refractivity contribution >= 4 is 22.8 Å². The van der Waals surface area contributed by atoms with Crippen molar-refractivity contribution in [1.29, 1.82) is 0 Å². The van der Waals surface area contributed by atoms with E-state index < -0.39 is 28.5 Å². The number of halogens is 4. The molecule has 0 saturated heterocycles. The molecule has 0 spiro atoms. The monoisotopic (exact) mass is 310 g/mol. The summed E-state index contributed by atoms with van der Waals surface area (Å²) in [6, 6.07) is 2.12. The van der Waals surface area contributed by atoms with Crippen LogP contribution in [0.15, 0.2) is 22.0 Å². The molecule has 20 heavy (non-hydrogen) atoms. The van der Waals surface area contributed by atoms with Crippen LogP contribution in [0.2, 0.25) is 0 Å². The molecule has 0 saturated carbocycles. The van der Waals surface area contributed by atoms with Crippen LogP contribution >= 0.6 is 0 Å².